The molecule has 1 atom stereocenters. The van der Waals surface area contributed by atoms with Gasteiger partial charge in [0.05, 0.1) is 12.7 Å². The van der Waals surface area contributed by atoms with Crippen molar-refractivity contribution in [2.24, 2.45) is 0 Å². The molecule has 0 N–H and O–H groups in total. The van der Waals surface area contributed by atoms with Crippen LogP contribution in [-0.4, -0.2) is 23.6 Å². The fraction of sp³-hybridized carbons (Fsp3) is 0.300. The highest BCUT2D eigenvalue weighted by Gasteiger charge is 2.23. The van der Waals surface area contributed by atoms with Crippen LogP contribution in [0.2, 0.25) is 0 Å². The minimum Gasteiger partial charge on any atom is -0.372 e. The second kappa shape index (κ2) is 3.94. The number of benzene rings is 1. The molecule has 1 aromatic rings. The molecule has 1 aliphatic heterocycles. The molecule has 1 saturated heterocycles. The first-order chi connectivity index (χ1) is 6.36. The van der Waals surface area contributed by atoms with Crippen LogP contribution in [0.5, 0.6) is 0 Å². The Morgan fingerprint density at radius 1 is 1.46 bits per heavy atom. The van der Waals surface area contributed by atoms with Gasteiger partial charge in [-0.3, -0.25) is 4.79 Å². The van der Waals surface area contributed by atoms with Crippen LogP contribution in [0.3, 0.4) is 0 Å². The maximum absolute atomic E-state index is 11.5. The number of carbonyl (C=O) groups is 1. The predicted octanol–water partition coefficient (Wildman–Crippen LogP) is 1.96. The molecular formula is C10H10O2S. The zero-order valence-corrected chi connectivity index (χ0v) is 7.92. The van der Waals surface area contributed by atoms with Crippen molar-refractivity contribution in [2.45, 2.75) is 6.10 Å². The van der Waals surface area contributed by atoms with Crippen LogP contribution in [0.4, 0.5) is 0 Å². The van der Waals surface area contributed by atoms with Crippen LogP contribution >= 0.6 is 11.8 Å². The van der Waals surface area contributed by atoms with Gasteiger partial charge in [-0.15, -0.1) is 0 Å². The summed E-state index contributed by atoms with van der Waals surface area (Å²) in [5.41, 5.74) is 0.771. The highest BCUT2D eigenvalue weighted by Crippen LogP contribution is 2.19. The van der Waals surface area contributed by atoms with E-state index >= 15 is 0 Å². The quantitative estimate of drug-likeness (QED) is 0.689. The largest absolute Gasteiger partial charge is 0.372 e. The summed E-state index contributed by atoms with van der Waals surface area (Å²) in [7, 11) is 0. The summed E-state index contributed by atoms with van der Waals surface area (Å²) in [5, 5.41) is 0.135. The van der Waals surface area contributed by atoms with E-state index in [1.807, 2.05) is 30.3 Å². The summed E-state index contributed by atoms with van der Waals surface area (Å²) in [5.74, 6) is 0.785. The monoisotopic (exact) mass is 194 g/mol. The van der Waals surface area contributed by atoms with E-state index in [9.17, 15) is 4.79 Å². The zero-order chi connectivity index (χ0) is 9.10. The van der Waals surface area contributed by atoms with Crippen LogP contribution in [0, 0.1) is 0 Å². The molecule has 2 nitrogen and oxygen atoms in total. The van der Waals surface area contributed by atoms with Crippen molar-refractivity contribution < 1.29 is 9.53 Å². The summed E-state index contributed by atoms with van der Waals surface area (Å²) in [6, 6.07) is 9.33. The third-order valence-corrected chi connectivity index (χ3v) is 2.85. The minimum absolute atomic E-state index is 0.135. The number of ether oxygens (including phenoxy) is 1. The Balaban J connectivity index is 1.89. The maximum atomic E-state index is 11.5. The van der Waals surface area contributed by atoms with E-state index in [0.29, 0.717) is 6.10 Å². The molecule has 0 saturated carbocycles. The number of thioether (sulfide) groups is 1. The molecule has 0 spiro atoms. The molecule has 1 aliphatic rings. The van der Waals surface area contributed by atoms with Crippen LogP contribution < -0.4 is 0 Å². The predicted molar refractivity (Wildman–Crippen MR) is 53.0 cm³/mol. The molecule has 1 heterocycles. The SMILES string of the molecule is O=C(SCC1CO1)c1ccccc1. The van der Waals surface area contributed by atoms with E-state index in [0.717, 1.165) is 17.9 Å². The minimum atomic E-state index is 0.135. The normalized spacial score (nSPS) is 19.8. The molecule has 1 aromatic carbocycles. The second-order valence-electron chi connectivity index (χ2n) is 2.92. The molecule has 0 amide bonds. The highest BCUT2D eigenvalue weighted by molar-refractivity contribution is 8.14. The van der Waals surface area contributed by atoms with Gasteiger partial charge in [-0.25, -0.2) is 0 Å². The summed E-state index contributed by atoms with van der Waals surface area (Å²) in [4.78, 5) is 11.5. The van der Waals surface area contributed by atoms with Crippen LogP contribution in [0.1, 0.15) is 10.4 Å². The Labute approximate surface area is 81.3 Å². The Kier molecular flexibility index (Phi) is 2.66. The van der Waals surface area contributed by atoms with E-state index in [2.05, 4.69) is 0 Å². The van der Waals surface area contributed by atoms with Crippen LogP contribution in [0.25, 0.3) is 0 Å². The zero-order valence-electron chi connectivity index (χ0n) is 7.10. The fourth-order valence-electron chi connectivity index (χ4n) is 0.990. The lowest BCUT2D eigenvalue weighted by Gasteiger charge is -1.97. The van der Waals surface area contributed by atoms with Crippen LogP contribution in [-0.2, 0) is 4.74 Å². The lowest BCUT2D eigenvalue weighted by atomic mass is 10.2. The van der Waals surface area contributed by atoms with Gasteiger partial charge in [0, 0.05) is 11.3 Å². The van der Waals surface area contributed by atoms with Crippen molar-refractivity contribution in [3.05, 3.63) is 35.9 Å². The molecular weight excluding hydrogens is 184 g/mol. The number of epoxide rings is 1. The molecule has 0 aromatic heterocycles. The third-order valence-electron chi connectivity index (χ3n) is 1.81. The van der Waals surface area contributed by atoms with Gasteiger partial charge in [0.25, 0.3) is 0 Å². The third kappa shape index (κ3) is 2.57. The Hall–Kier alpha value is -0.800. The number of rotatable bonds is 3. The molecule has 0 radical (unpaired) electrons. The highest BCUT2D eigenvalue weighted by atomic mass is 32.2. The summed E-state index contributed by atoms with van der Waals surface area (Å²) in [6.45, 7) is 0.815. The molecule has 3 heteroatoms. The second-order valence-corrected chi connectivity index (χ2v) is 3.91. The first-order valence-electron chi connectivity index (χ1n) is 4.20. The Bertz CT molecular complexity index is 293. The van der Waals surface area contributed by atoms with Gasteiger partial charge < -0.3 is 4.74 Å². The standard InChI is InChI=1S/C10H10O2S/c11-10(13-7-9-6-12-9)8-4-2-1-3-5-8/h1-5,9H,6-7H2. The lowest BCUT2D eigenvalue weighted by Crippen LogP contribution is -1.97. The van der Waals surface area contributed by atoms with Crippen molar-refractivity contribution in [1.82, 2.24) is 0 Å². The first kappa shape index (κ1) is 8.78. The average Bonchev–Trinajstić information content (AvgIpc) is 2.99. The van der Waals surface area contributed by atoms with E-state index in [1.54, 1.807) is 0 Å². The van der Waals surface area contributed by atoms with Gasteiger partial charge >= 0.3 is 0 Å². The van der Waals surface area contributed by atoms with Gasteiger partial charge in [-0.2, -0.15) is 0 Å². The molecule has 2 rings (SSSR count). The van der Waals surface area contributed by atoms with E-state index in [4.69, 9.17) is 4.74 Å². The summed E-state index contributed by atoms with van der Waals surface area (Å²) in [6.07, 6.45) is 0.317. The smallest absolute Gasteiger partial charge is 0.219 e. The Morgan fingerprint density at radius 2 is 2.15 bits per heavy atom. The van der Waals surface area contributed by atoms with Gasteiger partial charge in [0.15, 0.2) is 0 Å². The maximum Gasteiger partial charge on any atom is 0.219 e. The summed E-state index contributed by atoms with van der Waals surface area (Å²) >= 11 is 1.34. The van der Waals surface area contributed by atoms with Gasteiger partial charge in [0.2, 0.25) is 5.12 Å². The van der Waals surface area contributed by atoms with E-state index in [1.165, 1.54) is 11.8 Å². The van der Waals surface area contributed by atoms with Crippen molar-refractivity contribution in [2.75, 3.05) is 12.4 Å². The van der Waals surface area contributed by atoms with E-state index < -0.39 is 0 Å². The molecule has 13 heavy (non-hydrogen) atoms. The van der Waals surface area contributed by atoms with Gasteiger partial charge in [-0.1, -0.05) is 42.1 Å². The van der Waals surface area contributed by atoms with Gasteiger partial charge in [-0.05, 0) is 0 Å². The molecule has 0 aliphatic carbocycles. The topological polar surface area (TPSA) is 29.6 Å². The van der Waals surface area contributed by atoms with E-state index in [-0.39, 0.29) is 5.12 Å². The fourth-order valence-corrected chi connectivity index (χ4v) is 1.82. The molecule has 0 bridgehead atoms. The lowest BCUT2D eigenvalue weighted by molar-refractivity contribution is 0.108. The van der Waals surface area contributed by atoms with Gasteiger partial charge in [0.1, 0.15) is 0 Å². The Morgan fingerprint density at radius 3 is 2.77 bits per heavy atom. The number of hydrogen-bond donors (Lipinski definition) is 0. The number of carbonyl (C=O) groups excluding carboxylic acids is 1. The average molecular weight is 194 g/mol. The van der Waals surface area contributed by atoms with Crippen LogP contribution in [0.15, 0.2) is 30.3 Å². The summed E-state index contributed by atoms with van der Waals surface area (Å²) < 4.78 is 5.02. The van der Waals surface area contributed by atoms with Crippen molar-refractivity contribution in [1.29, 1.82) is 0 Å². The van der Waals surface area contributed by atoms with Crippen molar-refractivity contribution in [3.8, 4) is 0 Å². The molecule has 1 unspecified atom stereocenters. The number of hydrogen-bond acceptors (Lipinski definition) is 3. The van der Waals surface area contributed by atoms with Crippen molar-refractivity contribution in [3.63, 3.8) is 0 Å². The van der Waals surface area contributed by atoms with Crippen molar-refractivity contribution >= 4 is 16.9 Å². The first-order valence-corrected chi connectivity index (χ1v) is 5.18. The molecule has 1 fully saturated rings. The molecule has 68 valence electrons.